The number of aryl methyl sites for hydroxylation is 1. The maximum atomic E-state index is 13.4. The van der Waals surface area contributed by atoms with Gasteiger partial charge in [0.05, 0.1) is 16.6 Å². The summed E-state index contributed by atoms with van der Waals surface area (Å²) in [5, 5.41) is 0.0811. The van der Waals surface area contributed by atoms with Crippen molar-refractivity contribution in [2.75, 3.05) is 7.11 Å². The van der Waals surface area contributed by atoms with Gasteiger partial charge in [0.1, 0.15) is 5.56 Å². The molecule has 14 heavy (non-hydrogen) atoms. The average molecular weight is 282 g/mol. The fourth-order valence-corrected chi connectivity index (χ4v) is 1.77. The van der Waals surface area contributed by atoms with Gasteiger partial charge in [-0.1, -0.05) is 11.6 Å². The van der Waals surface area contributed by atoms with Gasteiger partial charge in [0.25, 0.3) is 0 Å². The van der Waals surface area contributed by atoms with Gasteiger partial charge in [0.2, 0.25) is 0 Å². The van der Waals surface area contributed by atoms with E-state index < -0.39 is 11.8 Å². The molecule has 0 spiro atoms. The normalized spacial score (nSPS) is 10.1. The van der Waals surface area contributed by atoms with Crippen LogP contribution in [-0.4, -0.2) is 13.1 Å². The monoisotopic (exact) mass is 280 g/mol. The van der Waals surface area contributed by atoms with Crippen molar-refractivity contribution in [1.82, 2.24) is 0 Å². The van der Waals surface area contributed by atoms with Crippen LogP contribution in [0.4, 0.5) is 4.39 Å². The molecular weight excluding hydrogens is 274 g/mol. The molecule has 1 aromatic rings. The Kier molecular flexibility index (Phi) is 3.50. The molecule has 0 saturated heterocycles. The molecule has 0 aliphatic carbocycles. The lowest BCUT2D eigenvalue weighted by molar-refractivity contribution is 0.0595. The zero-order valence-electron chi connectivity index (χ0n) is 7.53. The molecule has 1 rings (SSSR count). The number of rotatable bonds is 1. The second kappa shape index (κ2) is 4.28. The SMILES string of the molecule is COC(=O)c1c(F)c(Br)cc(C)c1Cl. The fraction of sp³-hybridized carbons (Fsp3) is 0.222. The van der Waals surface area contributed by atoms with Crippen LogP contribution >= 0.6 is 27.5 Å². The first kappa shape index (κ1) is 11.5. The van der Waals surface area contributed by atoms with E-state index in [4.69, 9.17) is 11.6 Å². The lowest BCUT2D eigenvalue weighted by Gasteiger charge is -2.07. The van der Waals surface area contributed by atoms with Crippen molar-refractivity contribution in [2.24, 2.45) is 0 Å². The van der Waals surface area contributed by atoms with Gasteiger partial charge in [-0.05, 0) is 34.5 Å². The van der Waals surface area contributed by atoms with Crippen LogP contribution in [0.1, 0.15) is 15.9 Å². The molecule has 5 heteroatoms. The van der Waals surface area contributed by atoms with E-state index in [-0.39, 0.29) is 15.1 Å². The number of hydrogen-bond acceptors (Lipinski definition) is 2. The van der Waals surface area contributed by atoms with E-state index in [0.29, 0.717) is 5.56 Å². The molecule has 0 heterocycles. The van der Waals surface area contributed by atoms with Crippen LogP contribution in [0.2, 0.25) is 5.02 Å². The summed E-state index contributed by atoms with van der Waals surface area (Å²) in [6.45, 7) is 1.68. The van der Waals surface area contributed by atoms with E-state index in [2.05, 4.69) is 20.7 Å². The summed E-state index contributed by atoms with van der Waals surface area (Å²) >= 11 is 8.77. The highest BCUT2D eigenvalue weighted by atomic mass is 79.9. The van der Waals surface area contributed by atoms with E-state index in [1.165, 1.54) is 13.2 Å². The van der Waals surface area contributed by atoms with Crippen molar-refractivity contribution in [3.05, 3.63) is 32.5 Å². The van der Waals surface area contributed by atoms with Crippen LogP contribution in [0, 0.1) is 12.7 Å². The van der Waals surface area contributed by atoms with Crippen molar-refractivity contribution in [3.8, 4) is 0 Å². The van der Waals surface area contributed by atoms with Crippen LogP contribution < -0.4 is 0 Å². The molecule has 0 saturated carbocycles. The number of hydrogen-bond donors (Lipinski definition) is 0. The van der Waals surface area contributed by atoms with Gasteiger partial charge in [-0.2, -0.15) is 0 Å². The summed E-state index contributed by atoms with van der Waals surface area (Å²) in [7, 11) is 1.17. The lowest BCUT2D eigenvalue weighted by atomic mass is 10.1. The summed E-state index contributed by atoms with van der Waals surface area (Å²) in [5.74, 6) is -1.48. The summed E-state index contributed by atoms with van der Waals surface area (Å²) in [6.07, 6.45) is 0. The quantitative estimate of drug-likeness (QED) is 0.583. The maximum absolute atomic E-state index is 13.4. The smallest absolute Gasteiger partial charge is 0.342 e. The molecule has 0 N–H and O–H groups in total. The molecular formula is C9H7BrClFO2. The largest absolute Gasteiger partial charge is 0.465 e. The number of benzene rings is 1. The molecule has 0 radical (unpaired) electrons. The third-order valence-electron chi connectivity index (χ3n) is 1.73. The first-order valence-corrected chi connectivity index (χ1v) is 4.88. The van der Waals surface area contributed by atoms with Crippen LogP contribution in [0.15, 0.2) is 10.5 Å². The Morgan fingerprint density at radius 2 is 2.21 bits per heavy atom. The summed E-state index contributed by atoms with van der Waals surface area (Å²) < 4.78 is 18.1. The Balaban J connectivity index is 3.47. The van der Waals surface area contributed by atoms with Gasteiger partial charge in [0.15, 0.2) is 5.82 Å². The minimum Gasteiger partial charge on any atom is -0.465 e. The van der Waals surface area contributed by atoms with E-state index in [9.17, 15) is 9.18 Å². The summed E-state index contributed by atoms with van der Waals surface area (Å²) in [4.78, 5) is 11.2. The van der Waals surface area contributed by atoms with Crippen LogP contribution in [0.3, 0.4) is 0 Å². The highest BCUT2D eigenvalue weighted by molar-refractivity contribution is 9.10. The predicted molar refractivity (Wildman–Crippen MR) is 55.2 cm³/mol. The molecule has 0 bridgehead atoms. The van der Waals surface area contributed by atoms with Crippen molar-refractivity contribution in [2.45, 2.75) is 6.92 Å². The lowest BCUT2D eigenvalue weighted by Crippen LogP contribution is -2.07. The molecule has 0 unspecified atom stereocenters. The third-order valence-corrected chi connectivity index (χ3v) is 2.79. The van der Waals surface area contributed by atoms with E-state index in [1.54, 1.807) is 6.92 Å². The number of ether oxygens (including phenoxy) is 1. The Bertz CT molecular complexity index is 367. The van der Waals surface area contributed by atoms with Gasteiger partial charge in [-0.3, -0.25) is 0 Å². The van der Waals surface area contributed by atoms with Crippen LogP contribution in [-0.2, 0) is 4.74 Å². The van der Waals surface area contributed by atoms with Crippen LogP contribution in [0.25, 0.3) is 0 Å². The highest BCUT2D eigenvalue weighted by Gasteiger charge is 2.20. The Hall–Kier alpha value is -0.610. The first-order chi connectivity index (χ1) is 6.49. The number of carbonyl (C=O) groups excluding carboxylic acids is 1. The first-order valence-electron chi connectivity index (χ1n) is 3.71. The zero-order valence-corrected chi connectivity index (χ0v) is 9.87. The molecule has 76 valence electrons. The summed E-state index contributed by atoms with van der Waals surface area (Å²) in [5.41, 5.74) is 0.376. The van der Waals surface area contributed by atoms with Crippen molar-refractivity contribution in [1.29, 1.82) is 0 Å². The number of methoxy groups -OCH3 is 1. The topological polar surface area (TPSA) is 26.3 Å². The zero-order chi connectivity index (χ0) is 10.9. The van der Waals surface area contributed by atoms with Gasteiger partial charge in [-0.15, -0.1) is 0 Å². The second-order valence-corrected chi connectivity index (χ2v) is 3.90. The van der Waals surface area contributed by atoms with Gasteiger partial charge in [-0.25, -0.2) is 9.18 Å². The van der Waals surface area contributed by atoms with E-state index in [0.717, 1.165) is 0 Å². The number of carbonyl (C=O) groups is 1. The molecule has 0 fully saturated rings. The highest BCUT2D eigenvalue weighted by Crippen LogP contribution is 2.29. The summed E-state index contributed by atoms with van der Waals surface area (Å²) in [6, 6.07) is 1.50. The molecule has 0 atom stereocenters. The third kappa shape index (κ3) is 1.91. The van der Waals surface area contributed by atoms with Gasteiger partial charge >= 0.3 is 5.97 Å². The fourth-order valence-electron chi connectivity index (χ4n) is 1.01. The minimum atomic E-state index is -0.781. The molecule has 0 aliphatic rings. The molecule has 0 amide bonds. The predicted octanol–water partition coefficient (Wildman–Crippen LogP) is 3.34. The van der Waals surface area contributed by atoms with Crippen molar-refractivity contribution in [3.63, 3.8) is 0 Å². The van der Waals surface area contributed by atoms with Gasteiger partial charge < -0.3 is 4.74 Å². The standard InChI is InChI=1S/C9H7BrClFO2/c1-4-3-5(10)8(12)6(7(4)11)9(13)14-2/h3H,1-2H3. The molecule has 2 nitrogen and oxygen atoms in total. The minimum absolute atomic E-state index is 0.0811. The Labute approximate surface area is 94.1 Å². The molecule has 1 aromatic carbocycles. The van der Waals surface area contributed by atoms with Crippen LogP contribution in [0.5, 0.6) is 0 Å². The number of esters is 1. The van der Waals surface area contributed by atoms with Gasteiger partial charge in [0, 0.05) is 0 Å². The molecule has 0 aromatic heterocycles. The van der Waals surface area contributed by atoms with E-state index in [1.807, 2.05) is 0 Å². The average Bonchev–Trinajstić information content (AvgIpc) is 2.15. The van der Waals surface area contributed by atoms with Crippen molar-refractivity contribution >= 4 is 33.5 Å². The number of halogens is 3. The molecule has 0 aliphatic heterocycles. The Morgan fingerprint density at radius 1 is 1.64 bits per heavy atom. The maximum Gasteiger partial charge on any atom is 0.342 e. The van der Waals surface area contributed by atoms with E-state index >= 15 is 0 Å². The van der Waals surface area contributed by atoms with Crippen molar-refractivity contribution < 1.29 is 13.9 Å². The second-order valence-electron chi connectivity index (χ2n) is 2.67. The Morgan fingerprint density at radius 3 is 2.71 bits per heavy atom.